The molecule has 1 heterocycles. The predicted molar refractivity (Wildman–Crippen MR) is 122 cm³/mol. The van der Waals surface area contributed by atoms with E-state index in [2.05, 4.69) is 28.4 Å². The van der Waals surface area contributed by atoms with Gasteiger partial charge in [0, 0.05) is 44.7 Å². The molecule has 1 unspecified atom stereocenters. The maximum Gasteiger partial charge on any atom is 0.573 e. The van der Waals surface area contributed by atoms with Gasteiger partial charge in [-0.25, -0.2) is 0 Å². The Morgan fingerprint density at radius 1 is 1.03 bits per heavy atom. The zero-order valence-corrected chi connectivity index (χ0v) is 19.9. The van der Waals surface area contributed by atoms with Gasteiger partial charge in [0.25, 0.3) is 0 Å². The number of aliphatic hydroxyl groups is 1. The highest BCUT2D eigenvalue weighted by Crippen LogP contribution is 2.41. The molecule has 0 bridgehead atoms. The molecule has 1 aliphatic carbocycles. The van der Waals surface area contributed by atoms with Crippen LogP contribution >= 0.6 is 24.8 Å². The van der Waals surface area contributed by atoms with Gasteiger partial charge in [-0.3, -0.25) is 4.90 Å². The number of hydrogen-bond acceptors (Lipinski definition) is 4. The molecule has 1 atom stereocenters. The summed E-state index contributed by atoms with van der Waals surface area (Å²) in [7, 11) is 0. The van der Waals surface area contributed by atoms with Crippen LogP contribution in [-0.2, 0) is 0 Å². The van der Waals surface area contributed by atoms with Crippen LogP contribution in [0.15, 0.2) is 24.3 Å². The van der Waals surface area contributed by atoms with Crippen LogP contribution in [0.25, 0.3) is 0 Å². The fourth-order valence-electron chi connectivity index (χ4n) is 4.75. The summed E-state index contributed by atoms with van der Waals surface area (Å²) in [4.78, 5) is 4.77. The van der Waals surface area contributed by atoms with Crippen molar-refractivity contribution < 1.29 is 23.0 Å². The summed E-state index contributed by atoms with van der Waals surface area (Å²) in [5.41, 5.74) is -0.160. The topological polar surface area (TPSA) is 35.9 Å². The van der Waals surface area contributed by atoms with Gasteiger partial charge in [-0.2, -0.15) is 0 Å². The van der Waals surface area contributed by atoms with Crippen LogP contribution in [0.5, 0.6) is 5.75 Å². The molecule has 0 aromatic heterocycles. The van der Waals surface area contributed by atoms with Crippen molar-refractivity contribution in [1.29, 1.82) is 0 Å². The molecule has 1 aromatic rings. The number of piperazine rings is 1. The molecule has 1 aromatic carbocycles. The van der Waals surface area contributed by atoms with Gasteiger partial charge < -0.3 is 14.7 Å². The molecule has 1 saturated heterocycles. The van der Waals surface area contributed by atoms with Crippen molar-refractivity contribution in [3.63, 3.8) is 0 Å². The maximum atomic E-state index is 12.7. The number of alkyl halides is 3. The number of rotatable bonds is 6. The van der Waals surface area contributed by atoms with E-state index in [0.29, 0.717) is 25.4 Å². The molecular formula is C22H35Cl2F3N2O2. The standard InChI is InChI=1S/C22H33F3N2O2.2ClH/c1-17(2)27-13-11-26(12-14-27)16-20(21(28)9-4-3-5-10-21)18-7-6-8-19(15-18)29-22(23,24)25;;/h6-8,15,17,20,28H,3-5,9-14,16H2,1-2H3;2*1H. The molecule has 0 spiro atoms. The van der Waals surface area contributed by atoms with Gasteiger partial charge >= 0.3 is 6.36 Å². The van der Waals surface area contributed by atoms with Crippen molar-refractivity contribution in [3.8, 4) is 5.75 Å². The van der Waals surface area contributed by atoms with E-state index >= 15 is 0 Å². The Hall–Kier alpha value is -0.730. The van der Waals surface area contributed by atoms with Crippen LogP contribution in [-0.4, -0.2) is 65.6 Å². The minimum absolute atomic E-state index is 0. The Labute approximate surface area is 195 Å². The molecular weight excluding hydrogens is 452 g/mol. The second kappa shape index (κ2) is 11.9. The van der Waals surface area contributed by atoms with Crippen LogP contribution in [0.1, 0.15) is 57.4 Å². The fraction of sp³-hybridized carbons (Fsp3) is 0.727. The molecule has 1 aliphatic heterocycles. The summed E-state index contributed by atoms with van der Waals surface area (Å²) in [6.45, 7) is 8.79. The first kappa shape index (κ1) is 28.3. The zero-order chi connectivity index (χ0) is 21.1. The minimum Gasteiger partial charge on any atom is -0.406 e. The summed E-state index contributed by atoms with van der Waals surface area (Å²) in [6, 6.07) is 6.69. The number of halogens is 5. The van der Waals surface area contributed by atoms with E-state index in [1.807, 2.05) is 6.07 Å². The Kier molecular flexibility index (Phi) is 10.9. The average Bonchev–Trinajstić information content (AvgIpc) is 2.66. The van der Waals surface area contributed by atoms with E-state index in [-0.39, 0.29) is 36.5 Å². The molecule has 180 valence electrons. The molecule has 0 radical (unpaired) electrons. The van der Waals surface area contributed by atoms with Crippen LogP contribution in [0.4, 0.5) is 13.2 Å². The highest BCUT2D eigenvalue weighted by Gasteiger charge is 2.40. The first-order valence-corrected chi connectivity index (χ1v) is 10.7. The summed E-state index contributed by atoms with van der Waals surface area (Å²) in [5.74, 6) is -0.450. The Bertz CT molecular complexity index is 662. The van der Waals surface area contributed by atoms with Gasteiger partial charge in [0.15, 0.2) is 0 Å². The van der Waals surface area contributed by atoms with E-state index in [9.17, 15) is 18.3 Å². The molecule has 2 fully saturated rings. The quantitative estimate of drug-likeness (QED) is 0.596. The highest BCUT2D eigenvalue weighted by atomic mass is 35.5. The van der Waals surface area contributed by atoms with Gasteiger partial charge in [-0.15, -0.1) is 38.0 Å². The summed E-state index contributed by atoms with van der Waals surface area (Å²) in [6.07, 6.45) is -0.343. The van der Waals surface area contributed by atoms with E-state index < -0.39 is 12.0 Å². The van der Waals surface area contributed by atoms with E-state index in [1.54, 1.807) is 6.07 Å². The smallest absolute Gasteiger partial charge is 0.406 e. The van der Waals surface area contributed by atoms with Gasteiger partial charge in [-0.1, -0.05) is 31.4 Å². The van der Waals surface area contributed by atoms with Gasteiger partial charge in [-0.05, 0) is 44.4 Å². The first-order valence-electron chi connectivity index (χ1n) is 10.7. The molecule has 0 amide bonds. The summed E-state index contributed by atoms with van der Waals surface area (Å²) >= 11 is 0. The van der Waals surface area contributed by atoms with Crippen molar-refractivity contribution in [2.24, 2.45) is 0 Å². The normalized spacial score (nSPS) is 21.1. The van der Waals surface area contributed by atoms with Crippen LogP contribution in [0.2, 0.25) is 0 Å². The second-order valence-corrected chi connectivity index (χ2v) is 8.77. The predicted octanol–water partition coefficient (Wildman–Crippen LogP) is 5.23. The van der Waals surface area contributed by atoms with Crippen molar-refractivity contribution in [1.82, 2.24) is 9.80 Å². The lowest BCUT2D eigenvalue weighted by molar-refractivity contribution is -0.274. The van der Waals surface area contributed by atoms with Gasteiger partial charge in [0.05, 0.1) is 5.60 Å². The molecule has 9 heteroatoms. The van der Waals surface area contributed by atoms with E-state index in [4.69, 9.17) is 0 Å². The molecule has 3 rings (SSSR count). The monoisotopic (exact) mass is 486 g/mol. The Balaban J connectivity index is 0.00000240. The average molecular weight is 487 g/mol. The van der Waals surface area contributed by atoms with Gasteiger partial charge in [0.2, 0.25) is 0 Å². The molecule has 1 saturated carbocycles. The van der Waals surface area contributed by atoms with Crippen molar-refractivity contribution in [3.05, 3.63) is 29.8 Å². The third kappa shape index (κ3) is 7.97. The number of nitrogens with zero attached hydrogens (tertiary/aromatic N) is 2. The third-order valence-corrected chi connectivity index (χ3v) is 6.44. The lowest BCUT2D eigenvalue weighted by Gasteiger charge is -2.44. The fourth-order valence-corrected chi connectivity index (χ4v) is 4.75. The second-order valence-electron chi connectivity index (χ2n) is 8.77. The Morgan fingerprint density at radius 2 is 1.65 bits per heavy atom. The van der Waals surface area contributed by atoms with Gasteiger partial charge in [0.1, 0.15) is 5.75 Å². The van der Waals surface area contributed by atoms with Crippen molar-refractivity contribution in [2.75, 3.05) is 32.7 Å². The molecule has 31 heavy (non-hydrogen) atoms. The molecule has 1 N–H and O–H groups in total. The largest absolute Gasteiger partial charge is 0.573 e. The third-order valence-electron chi connectivity index (χ3n) is 6.44. The summed E-state index contributed by atoms with van der Waals surface area (Å²) in [5, 5.41) is 11.5. The van der Waals surface area contributed by atoms with E-state index in [0.717, 1.165) is 51.0 Å². The zero-order valence-electron chi connectivity index (χ0n) is 18.2. The van der Waals surface area contributed by atoms with Crippen LogP contribution < -0.4 is 4.74 Å². The minimum atomic E-state index is -4.72. The van der Waals surface area contributed by atoms with Crippen LogP contribution in [0, 0.1) is 0 Å². The SMILES string of the molecule is CC(C)N1CCN(CC(c2cccc(OC(F)(F)F)c2)C2(O)CCCCC2)CC1.Cl.Cl. The lowest BCUT2D eigenvalue weighted by atomic mass is 9.72. The highest BCUT2D eigenvalue weighted by molar-refractivity contribution is 5.85. The molecule has 2 aliphatic rings. The van der Waals surface area contributed by atoms with E-state index in [1.165, 1.54) is 12.1 Å². The lowest BCUT2D eigenvalue weighted by Crippen LogP contribution is -2.52. The maximum absolute atomic E-state index is 12.7. The van der Waals surface area contributed by atoms with Crippen LogP contribution in [0.3, 0.4) is 0 Å². The van der Waals surface area contributed by atoms with Crippen molar-refractivity contribution in [2.45, 2.75) is 69.9 Å². The van der Waals surface area contributed by atoms with Crippen molar-refractivity contribution >= 4 is 24.8 Å². The summed E-state index contributed by atoms with van der Waals surface area (Å²) < 4.78 is 42.2. The Morgan fingerprint density at radius 3 is 2.19 bits per heavy atom. The number of hydrogen-bond donors (Lipinski definition) is 1. The molecule has 4 nitrogen and oxygen atoms in total. The number of ether oxygens (including phenoxy) is 1. The number of benzene rings is 1. The first-order chi connectivity index (χ1) is 13.7.